The zero-order valence-corrected chi connectivity index (χ0v) is 6.70. The minimum absolute atomic E-state index is 0.0875. The minimum atomic E-state index is 0.0875. The van der Waals surface area contributed by atoms with E-state index in [1.165, 1.54) is 18.7 Å². The van der Waals surface area contributed by atoms with Crippen LogP contribution in [0.3, 0.4) is 0 Å². The Labute approximate surface area is 63.6 Å². The summed E-state index contributed by atoms with van der Waals surface area (Å²) in [5.41, 5.74) is 0. The van der Waals surface area contributed by atoms with E-state index in [0.29, 0.717) is 0 Å². The highest BCUT2D eigenvalue weighted by Crippen LogP contribution is 2.22. The maximum Gasteiger partial charge on any atom is 0.190 e. The molecule has 0 aliphatic heterocycles. The first-order valence-corrected chi connectivity index (χ1v) is 3.74. The molecule has 10 heavy (non-hydrogen) atoms. The van der Waals surface area contributed by atoms with Gasteiger partial charge in [-0.25, -0.2) is 0 Å². The van der Waals surface area contributed by atoms with Crippen LogP contribution in [0.4, 0.5) is 0 Å². The molecule has 0 aliphatic rings. The van der Waals surface area contributed by atoms with E-state index in [-0.39, 0.29) is 5.12 Å². The summed E-state index contributed by atoms with van der Waals surface area (Å²) < 4.78 is 4.99. The predicted octanol–water partition coefficient (Wildman–Crippen LogP) is 2.23. The molecule has 1 aromatic rings. The third-order valence-corrected chi connectivity index (χ3v) is 2.00. The van der Waals surface area contributed by atoms with Crippen molar-refractivity contribution in [3.63, 3.8) is 0 Å². The average molecular weight is 156 g/mol. The molecule has 0 radical (unpaired) electrons. The summed E-state index contributed by atoms with van der Waals surface area (Å²) in [5.74, 6) is 0.806. The number of furan rings is 1. The molecule has 1 aromatic heterocycles. The van der Waals surface area contributed by atoms with E-state index < -0.39 is 0 Å². The Morgan fingerprint density at radius 2 is 2.40 bits per heavy atom. The number of rotatable bonds is 1. The van der Waals surface area contributed by atoms with E-state index in [0.717, 1.165) is 10.7 Å². The van der Waals surface area contributed by atoms with Crippen molar-refractivity contribution in [2.75, 3.05) is 0 Å². The molecule has 0 fully saturated rings. The number of hydrogen-bond donors (Lipinski definition) is 0. The topological polar surface area (TPSA) is 30.2 Å². The second-order valence-corrected chi connectivity index (χ2v) is 3.15. The zero-order valence-electron chi connectivity index (χ0n) is 5.88. The smallest absolute Gasteiger partial charge is 0.190 e. The Bertz CT molecular complexity index is 240. The third-order valence-electron chi connectivity index (χ3n) is 1.06. The molecule has 0 spiro atoms. The highest BCUT2D eigenvalue weighted by Gasteiger charge is 2.03. The normalized spacial score (nSPS) is 9.80. The van der Waals surface area contributed by atoms with Crippen molar-refractivity contribution >= 4 is 16.9 Å². The molecule has 2 nitrogen and oxygen atoms in total. The van der Waals surface area contributed by atoms with Gasteiger partial charge in [0.2, 0.25) is 0 Å². The molecule has 0 N–H and O–H groups in total. The van der Waals surface area contributed by atoms with Crippen molar-refractivity contribution in [2.45, 2.75) is 18.7 Å². The summed E-state index contributed by atoms with van der Waals surface area (Å²) in [5, 5.41) is 0.0875. The van der Waals surface area contributed by atoms with Crippen LogP contribution in [-0.4, -0.2) is 5.12 Å². The van der Waals surface area contributed by atoms with Gasteiger partial charge in [0.15, 0.2) is 5.12 Å². The molecular weight excluding hydrogens is 148 g/mol. The first kappa shape index (κ1) is 7.41. The highest BCUT2D eigenvalue weighted by molar-refractivity contribution is 8.13. The second kappa shape index (κ2) is 2.92. The van der Waals surface area contributed by atoms with Crippen molar-refractivity contribution in [1.82, 2.24) is 0 Å². The van der Waals surface area contributed by atoms with Crippen molar-refractivity contribution in [3.05, 3.63) is 18.1 Å². The molecule has 3 heteroatoms. The predicted molar refractivity (Wildman–Crippen MR) is 40.0 cm³/mol. The van der Waals surface area contributed by atoms with Crippen LogP contribution in [-0.2, 0) is 4.79 Å². The van der Waals surface area contributed by atoms with E-state index in [1.54, 1.807) is 12.3 Å². The van der Waals surface area contributed by atoms with Crippen LogP contribution < -0.4 is 0 Å². The van der Waals surface area contributed by atoms with Crippen LogP contribution in [0.1, 0.15) is 12.7 Å². The fourth-order valence-corrected chi connectivity index (χ4v) is 1.26. The molecule has 0 bridgehead atoms. The standard InChI is InChI=1S/C7H8O2S/c1-5-7(3-4-9-5)10-6(2)8/h3-4H,1-2H3. The Morgan fingerprint density at radius 3 is 2.80 bits per heavy atom. The maximum atomic E-state index is 10.6. The van der Waals surface area contributed by atoms with Crippen LogP contribution in [0, 0.1) is 6.92 Å². The summed E-state index contributed by atoms with van der Waals surface area (Å²) in [6.45, 7) is 3.38. The van der Waals surface area contributed by atoms with Crippen molar-refractivity contribution in [2.24, 2.45) is 0 Å². The Hall–Kier alpha value is -0.700. The van der Waals surface area contributed by atoms with E-state index in [4.69, 9.17) is 4.42 Å². The first-order chi connectivity index (χ1) is 4.70. The van der Waals surface area contributed by atoms with Gasteiger partial charge >= 0.3 is 0 Å². The molecule has 0 saturated carbocycles. The lowest BCUT2D eigenvalue weighted by Crippen LogP contribution is -1.79. The molecule has 0 amide bonds. The van der Waals surface area contributed by atoms with Gasteiger partial charge < -0.3 is 4.42 Å². The summed E-state index contributed by atoms with van der Waals surface area (Å²) in [6, 6.07) is 1.79. The van der Waals surface area contributed by atoms with Gasteiger partial charge in [-0.1, -0.05) is 0 Å². The quantitative estimate of drug-likeness (QED) is 0.584. The molecule has 1 heterocycles. The summed E-state index contributed by atoms with van der Waals surface area (Å²) >= 11 is 1.20. The van der Waals surface area contributed by atoms with E-state index in [9.17, 15) is 4.79 Å². The fourth-order valence-electron chi connectivity index (χ4n) is 0.634. The van der Waals surface area contributed by atoms with Gasteiger partial charge in [-0.3, -0.25) is 4.79 Å². The Balaban J connectivity index is 2.74. The van der Waals surface area contributed by atoms with Gasteiger partial charge in [-0.15, -0.1) is 0 Å². The summed E-state index contributed by atoms with van der Waals surface area (Å²) in [7, 11) is 0. The van der Waals surface area contributed by atoms with Crippen LogP contribution in [0.25, 0.3) is 0 Å². The maximum absolute atomic E-state index is 10.6. The molecule has 0 saturated heterocycles. The number of thioether (sulfide) groups is 1. The fraction of sp³-hybridized carbons (Fsp3) is 0.286. The lowest BCUT2D eigenvalue weighted by Gasteiger charge is -1.90. The number of carbonyl (C=O) groups is 1. The van der Waals surface area contributed by atoms with E-state index >= 15 is 0 Å². The monoisotopic (exact) mass is 156 g/mol. The van der Waals surface area contributed by atoms with Gasteiger partial charge in [-0.05, 0) is 24.8 Å². The number of carbonyl (C=O) groups excluding carboxylic acids is 1. The second-order valence-electron chi connectivity index (χ2n) is 1.93. The third kappa shape index (κ3) is 1.64. The van der Waals surface area contributed by atoms with Gasteiger partial charge in [0.25, 0.3) is 0 Å². The Kier molecular flexibility index (Phi) is 2.17. The molecule has 0 unspecified atom stereocenters. The number of hydrogen-bond acceptors (Lipinski definition) is 3. The van der Waals surface area contributed by atoms with Crippen LogP contribution >= 0.6 is 11.8 Å². The molecule has 54 valence electrons. The largest absolute Gasteiger partial charge is 0.468 e. The minimum Gasteiger partial charge on any atom is -0.468 e. The first-order valence-electron chi connectivity index (χ1n) is 2.92. The van der Waals surface area contributed by atoms with Crippen molar-refractivity contribution in [1.29, 1.82) is 0 Å². The molecule has 0 atom stereocenters. The summed E-state index contributed by atoms with van der Waals surface area (Å²) in [4.78, 5) is 11.5. The Morgan fingerprint density at radius 1 is 1.70 bits per heavy atom. The zero-order chi connectivity index (χ0) is 7.56. The van der Waals surface area contributed by atoms with Gasteiger partial charge in [0.05, 0.1) is 11.2 Å². The van der Waals surface area contributed by atoms with Crippen molar-refractivity contribution < 1.29 is 9.21 Å². The summed E-state index contributed by atoms with van der Waals surface area (Å²) in [6.07, 6.45) is 1.58. The van der Waals surface area contributed by atoms with Crippen LogP contribution in [0.15, 0.2) is 21.6 Å². The van der Waals surface area contributed by atoms with Gasteiger partial charge in [-0.2, -0.15) is 0 Å². The van der Waals surface area contributed by atoms with E-state index in [2.05, 4.69) is 0 Å². The average Bonchev–Trinajstić information content (AvgIpc) is 2.15. The van der Waals surface area contributed by atoms with Gasteiger partial charge in [0, 0.05) is 6.92 Å². The molecule has 0 aliphatic carbocycles. The molecular formula is C7H8O2S. The van der Waals surface area contributed by atoms with Gasteiger partial charge in [0.1, 0.15) is 5.76 Å². The van der Waals surface area contributed by atoms with E-state index in [1.807, 2.05) is 6.92 Å². The number of aryl methyl sites for hydroxylation is 1. The highest BCUT2D eigenvalue weighted by atomic mass is 32.2. The molecule has 1 rings (SSSR count). The SMILES string of the molecule is CC(=O)Sc1ccoc1C. The lowest BCUT2D eigenvalue weighted by molar-refractivity contribution is -0.109. The van der Waals surface area contributed by atoms with Crippen molar-refractivity contribution in [3.8, 4) is 0 Å². The van der Waals surface area contributed by atoms with Crippen LogP contribution in [0.5, 0.6) is 0 Å². The van der Waals surface area contributed by atoms with Crippen LogP contribution in [0.2, 0.25) is 0 Å². The molecule has 0 aromatic carbocycles. The lowest BCUT2D eigenvalue weighted by atomic mass is 10.5.